The van der Waals surface area contributed by atoms with Crippen LogP contribution in [0.3, 0.4) is 0 Å². The molecule has 0 N–H and O–H groups in total. The first kappa shape index (κ1) is 8.94. The molecule has 3 heteroatoms. The van der Waals surface area contributed by atoms with Crippen molar-refractivity contribution in [1.82, 2.24) is 9.55 Å². The Morgan fingerprint density at radius 3 is 2.71 bits per heavy atom. The summed E-state index contributed by atoms with van der Waals surface area (Å²) < 4.78 is 15.1. The molecule has 0 atom stereocenters. The van der Waals surface area contributed by atoms with Crippen LogP contribution in [0.2, 0.25) is 0 Å². The summed E-state index contributed by atoms with van der Waals surface area (Å²) in [6, 6.07) is 5.21. The van der Waals surface area contributed by atoms with E-state index in [1.54, 1.807) is 25.5 Å². The molecular weight excluding hydrogens is 179 g/mol. The molecule has 2 rings (SSSR count). The van der Waals surface area contributed by atoms with E-state index in [9.17, 15) is 4.39 Å². The zero-order valence-electron chi connectivity index (χ0n) is 8.16. The standard InChI is InChI=1S/C11H11FN2/c1-8-3-4-9(5-10(8)12)11-6-13-7-14(11)2/h3-7H,1-2H3. The Balaban J connectivity index is 2.53. The molecule has 0 spiro atoms. The molecule has 1 aromatic carbocycles. The van der Waals surface area contributed by atoms with Crippen molar-refractivity contribution >= 4 is 0 Å². The molecule has 0 bridgehead atoms. The van der Waals surface area contributed by atoms with Crippen molar-refractivity contribution in [2.45, 2.75) is 6.92 Å². The molecule has 72 valence electrons. The maximum absolute atomic E-state index is 13.3. The molecule has 0 aliphatic carbocycles. The molecule has 2 nitrogen and oxygen atoms in total. The summed E-state index contributed by atoms with van der Waals surface area (Å²) in [4.78, 5) is 3.99. The Kier molecular flexibility index (Phi) is 2.08. The van der Waals surface area contributed by atoms with Crippen LogP contribution in [0.5, 0.6) is 0 Å². The van der Waals surface area contributed by atoms with Crippen molar-refractivity contribution in [2.75, 3.05) is 0 Å². The average Bonchev–Trinajstić information content (AvgIpc) is 2.57. The van der Waals surface area contributed by atoms with Gasteiger partial charge < -0.3 is 4.57 Å². The van der Waals surface area contributed by atoms with Gasteiger partial charge in [0.1, 0.15) is 5.82 Å². The number of imidazole rings is 1. The van der Waals surface area contributed by atoms with Crippen LogP contribution in [-0.2, 0) is 7.05 Å². The summed E-state index contributed by atoms with van der Waals surface area (Å²) in [7, 11) is 1.89. The fourth-order valence-corrected chi connectivity index (χ4v) is 1.39. The van der Waals surface area contributed by atoms with E-state index in [2.05, 4.69) is 4.98 Å². The average molecular weight is 190 g/mol. The second-order valence-electron chi connectivity index (χ2n) is 3.35. The first-order valence-corrected chi connectivity index (χ1v) is 4.41. The Hall–Kier alpha value is -1.64. The van der Waals surface area contributed by atoms with Gasteiger partial charge in [-0.25, -0.2) is 9.37 Å². The molecule has 0 aliphatic heterocycles. The number of hydrogen-bond acceptors (Lipinski definition) is 1. The molecule has 0 saturated heterocycles. The molecule has 0 unspecified atom stereocenters. The molecule has 0 saturated carbocycles. The van der Waals surface area contributed by atoms with Crippen molar-refractivity contribution in [3.63, 3.8) is 0 Å². The number of aromatic nitrogens is 2. The van der Waals surface area contributed by atoms with Gasteiger partial charge in [0.15, 0.2) is 0 Å². The monoisotopic (exact) mass is 190 g/mol. The number of halogens is 1. The smallest absolute Gasteiger partial charge is 0.126 e. The Morgan fingerprint density at radius 2 is 2.14 bits per heavy atom. The molecule has 1 heterocycles. The van der Waals surface area contributed by atoms with Crippen LogP contribution in [0.25, 0.3) is 11.3 Å². The topological polar surface area (TPSA) is 17.8 Å². The van der Waals surface area contributed by atoms with Crippen molar-refractivity contribution in [3.05, 3.63) is 42.1 Å². The third kappa shape index (κ3) is 1.41. The molecule has 0 amide bonds. The van der Waals surface area contributed by atoms with E-state index >= 15 is 0 Å². The lowest BCUT2D eigenvalue weighted by Gasteiger charge is -2.03. The number of rotatable bonds is 1. The Labute approximate surface area is 82.0 Å². The van der Waals surface area contributed by atoms with Gasteiger partial charge in [-0.2, -0.15) is 0 Å². The summed E-state index contributed by atoms with van der Waals surface area (Å²) in [6.45, 7) is 1.75. The maximum atomic E-state index is 13.3. The van der Waals surface area contributed by atoms with Gasteiger partial charge in [0.25, 0.3) is 0 Å². The lowest BCUT2D eigenvalue weighted by molar-refractivity contribution is 0.619. The van der Waals surface area contributed by atoms with Gasteiger partial charge >= 0.3 is 0 Å². The van der Waals surface area contributed by atoms with E-state index in [1.165, 1.54) is 6.07 Å². The van der Waals surface area contributed by atoms with E-state index in [1.807, 2.05) is 17.7 Å². The molecule has 14 heavy (non-hydrogen) atoms. The van der Waals surface area contributed by atoms with Gasteiger partial charge in [0.2, 0.25) is 0 Å². The Bertz CT molecular complexity index is 460. The van der Waals surface area contributed by atoms with Crippen LogP contribution in [0, 0.1) is 12.7 Å². The van der Waals surface area contributed by atoms with Crippen LogP contribution in [-0.4, -0.2) is 9.55 Å². The van der Waals surface area contributed by atoms with Gasteiger partial charge in [-0.15, -0.1) is 0 Å². The zero-order valence-corrected chi connectivity index (χ0v) is 8.16. The second-order valence-corrected chi connectivity index (χ2v) is 3.35. The molecule has 1 aromatic heterocycles. The largest absolute Gasteiger partial charge is 0.334 e. The highest BCUT2D eigenvalue weighted by Gasteiger charge is 2.04. The third-order valence-corrected chi connectivity index (χ3v) is 2.28. The molecule has 2 aromatic rings. The van der Waals surface area contributed by atoms with Gasteiger partial charge in [-0.05, 0) is 18.6 Å². The molecule has 0 aliphatic rings. The highest BCUT2D eigenvalue weighted by molar-refractivity contribution is 5.59. The van der Waals surface area contributed by atoms with Crippen molar-refractivity contribution < 1.29 is 4.39 Å². The number of aryl methyl sites for hydroxylation is 2. The predicted octanol–water partition coefficient (Wildman–Crippen LogP) is 2.53. The summed E-state index contributed by atoms with van der Waals surface area (Å²) in [5.74, 6) is -0.177. The van der Waals surface area contributed by atoms with Gasteiger partial charge in [0.05, 0.1) is 18.2 Å². The minimum absolute atomic E-state index is 0.177. The minimum Gasteiger partial charge on any atom is -0.334 e. The summed E-state index contributed by atoms with van der Waals surface area (Å²) in [6.07, 6.45) is 3.43. The first-order valence-electron chi connectivity index (χ1n) is 4.41. The number of benzene rings is 1. The van der Waals surface area contributed by atoms with E-state index in [-0.39, 0.29) is 5.82 Å². The summed E-state index contributed by atoms with van der Waals surface area (Å²) in [5.41, 5.74) is 2.44. The quantitative estimate of drug-likeness (QED) is 0.675. The summed E-state index contributed by atoms with van der Waals surface area (Å²) >= 11 is 0. The number of nitrogens with zero attached hydrogens (tertiary/aromatic N) is 2. The third-order valence-electron chi connectivity index (χ3n) is 2.28. The predicted molar refractivity (Wildman–Crippen MR) is 53.3 cm³/mol. The highest BCUT2D eigenvalue weighted by Crippen LogP contribution is 2.20. The van der Waals surface area contributed by atoms with Crippen LogP contribution < -0.4 is 0 Å². The van der Waals surface area contributed by atoms with E-state index < -0.39 is 0 Å². The van der Waals surface area contributed by atoms with E-state index in [0.29, 0.717) is 5.56 Å². The van der Waals surface area contributed by atoms with E-state index in [4.69, 9.17) is 0 Å². The molecular formula is C11H11FN2. The maximum Gasteiger partial charge on any atom is 0.126 e. The lowest BCUT2D eigenvalue weighted by atomic mass is 10.1. The van der Waals surface area contributed by atoms with Crippen LogP contribution in [0.15, 0.2) is 30.7 Å². The fraction of sp³-hybridized carbons (Fsp3) is 0.182. The molecule has 0 radical (unpaired) electrons. The van der Waals surface area contributed by atoms with Crippen molar-refractivity contribution in [2.24, 2.45) is 7.05 Å². The van der Waals surface area contributed by atoms with Crippen molar-refractivity contribution in [1.29, 1.82) is 0 Å². The normalized spacial score (nSPS) is 10.5. The van der Waals surface area contributed by atoms with Crippen molar-refractivity contribution in [3.8, 4) is 11.3 Å². The van der Waals surface area contributed by atoms with Gasteiger partial charge in [-0.3, -0.25) is 0 Å². The molecule has 0 fully saturated rings. The van der Waals surface area contributed by atoms with Gasteiger partial charge in [0, 0.05) is 12.6 Å². The lowest BCUT2D eigenvalue weighted by Crippen LogP contribution is -1.90. The van der Waals surface area contributed by atoms with E-state index in [0.717, 1.165) is 11.3 Å². The second kappa shape index (κ2) is 3.25. The number of hydrogen-bond donors (Lipinski definition) is 0. The highest BCUT2D eigenvalue weighted by atomic mass is 19.1. The van der Waals surface area contributed by atoms with Crippen LogP contribution >= 0.6 is 0 Å². The zero-order chi connectivity index (χ0) is 10.1. The van der Waals surface area contributed by atoms with Gasteiger partial charge in [-0.1, -0.05) is 12.1 Å². The summed E-state index contributed by atoms with van der Waals surface area (Å²) in [5, 5.41) is 0. The minimum atomic E-state index is -0.177. The fourth-order valence-electron chi connectivity index (χ4n) is 1.39. The van der Waals surface area contributed by atoms with Crippen LogP contribution in [0.1, 0.15) is 5.56 Å². The first-order chi connectivity index (χ1) is 6.68. The van der Waals surface area contributed by atoms with Crippen LogP contribution in [0.4, 0.5) is 4.39 Å². The Morgan fingerprint density at radius 1 is 1.36 bits per heavy atom. The SMILES string of the molecule is Cc1ccc(-c2cncn2C)cc1F.